The quantitative estimate of drug-likeness (QED) is 0.465. The van der Waals surface area contributed by atoms with Gasteiger partial charge in [-0.15, -0.1) is 0 Å². The average Bonchev–Trinajstić information content (AvgIpc) is 2.39. The highest BCUT2D eigenvalue weighted by molar-refractivity contribution is 5.74. The Labute approximate surface area is 120 Å². The van der Waals surface area contributed by atoms with Gasteiger partial charge in [-0.25, -0.2) is 0 Å². The predicted molar refractivity (Wildman–Crippen MR) is 82.4 cm³/mol. The first-order valence-electron chi connectivity index (χ1n) is 8.25. The molecule has 0 aliphatic rings. The van der Waals surface area contributed by atoms with Gasteiger partial charge in [-0.3, -0.25) is 4.79 Å². The summed E-state index contributed by atoms with van der Waals surface area (Å²) in [4.78, 5) is 11.7. The molecule has 2 atom stereocenters. The Morgan fingerprint density at radius 3 is 2.16 bits per heavy atom. The number of carboxylic acid groups (broad SMARTS) is 1. The Morgan fingerprint density at radius 2 is 1.68 bits per heavy atom. The second-order valence-electron chi connectivity index (χ2n) is 6.20. The van der Waals surface area contributed by atoms with E-state index in [4.69, 9.17) is 0 Å². The molecule has 0 bridgehead atoms. The maximum Gasteiger partial charge on any atom is 0.309 e. The van der Waals surface area contributed by atoms with Crippen molar-refractivity contribution in [1.29, 1.82) is 0 Å². The predicted octanol–water partition coefficient (Wildman–Crippen LogP) is 5.65. The second-order valence-corrected chi connectivity index (χ2v) is 6.20. The average molecular weight is 270 g/mol. The summed E-state index contributed by atoms with van der Waals surface area (Å²) in [5, 5.41) is 9.61. The third kappa shape index (κ3) is 6.98. The molecule has 0 spiro atoms. The lowest BCUT2D eigenvalue weighted by molar-refractivity contribution is -0.151. The van der Waals surface area contributed by atoms with Gasteiger partial charge in [-0.1, -0.05) is 72.6 Å². The van der Waals surface area contributed by atoms with E-state index in [9.17, 15) is 9.90 Å². The third-order valence-electron chi connectivity index (χ3n) is 4.43. The largest absolute Gasteiger partial charge is 0.481 e. The molecule has 0 aliphatic heterocycles. The lowest BCUT2D eigenvalue weighted by atomic mass is 9.73. The number of unbranched alkanes of at least 4 members (excludes halogenated alkanes) is 4. The molecule has 0 aliphatic carbocycles. The molecule has 0 saturated heterocycles. The van der Waals surface area contributed by atoms with E-state index < -0.39 is 11.4 Å². The monoisotopic (exact) mass is 270 g/mol. The molecule has 0 amide bonds. The molecule has 0 saturated carbocycles. The van der Waals surface area contributed by atoms with Crippen LogP contribution in [-0.4, -0.2) is 11.1 Å². The number of hydrogen-bond acceptors (Lipinski definition) is 1. The highest BCUT2D eigenvalue weighted by atomic mass is 16.4. The van der Waals surface area contributed by atoms with Gasteiger partial charge in [0.05, 0.1) is 5.41 Å². The van der Waals surface area contributed by atoms with E-state index in [2.05, 4.69) is 20.8 Å². The molecule has 2 heteroatoms. The van der Waals surface area contributed by atoms with E-state index in [-0.39, 0.29) is 0 Å². The number of hydrogen-bond donors (Lipinski definition) is 1. The maximum atomic E-state index is 11.7. The van der Waals surface area contributed by atoms with Crippen LogP contribution in [0.4, 0.5) is 0 Å². The number of aliphatic carboxylic acids is 1. The van der Waals surface area contributed by atoms with Crippen molar-refractivity contribution in [2.24, 2.45) is 11.3 Å². The van der Waals surface area contributed by atoms with Crippen LogP contribution < -0.4 is 0 Å². The Balaban J connectivity index is 4.33. The van der Waals surface area contributed by atoms with Crippen LogP contribution in [0.15, 0.2) is 0 Å². The SMILES string of the molecule is CCCCCCC(C)CC(CC)(CCCC)C(=O)O. The van der Waals surface area contributed by atoms with Crippen molar-refractivity contribution in [1.82, 2.24) is 0 Å². The second kappa shape index (κ2) is 10.3. The van der Waals surface area contributed by atoms with Crippen LogP contribution in [0.3, 0.4) is 0 Å². The van der Waals surface area contributed by atoms with E-state index in [0.717, 1.165) is 32.1 Å². The van der Waals surface area contributed by atoms with Crippen LogP contribution in [0.1, 0.15) is 91.9 Å². The van der Waals surface area contributed by atoms with Crippen LogP contribution in [0.25, 0.3) is 0 Å². The standard InChI is InChI=1S/C17H34O2/c1-5-8-10-11-12-15(4)14-17(7-3,16(18)19)13-9-6-2/h15H,5-14H2,1-4H3,(H,18,19). The molecule has 0 fully saturated rings. The van der Waals surface area contributed by atoms with Gasteiger partial charge in [0.15, 0.2) is 0 Å². The fraction of sp³-hybridized carbons (Fsp3) is 0.941. The Kier molecular flexibility index (Phi) is 9.99. The molecule has 19 heavy (non-hydrogen) atoms. The fourth-order valence-corrected chi connectivity index (χ4v) is 2.97. The van der Waals surface area contributed by atoms with Crippen molar-refractivity contribution in [3.05, 3.63) is 0 Å². The van der Waals surface area contributed by atoms with Crippen molar-refractivity contribution in [2.75, 3.05) is 0 Å². The molecule has 2 unspecified atom stereocenters. The molecular weight excluding hydrogens is 236 g/mol. The lowest BCUT2D eigenvalue weighted by Crippen LogP contribution is -2.32. The molecule has 0 rings (SSSR count). The Morgan fingerprint density at radius 1 is 1.05 bits per heavy atom. The third-order valence-corrected chi connectivity index (χ3v) is 4.43. The first-order valence-corrected chi connectivity index (χ1v) is 8.25. The molecule has 0 aromatic rings. The van der Waals surface area contributed by atoms with E-state index in [0.29, 0.717) is 5.92 Å². The van der Waals surface area contributed by atoms with Crippen molar-refractivity contribution >= 4 is 5.97 Å². The topological polar surface area (TPSA) is 37.3 Å². The number of carboxylic acids is 1. The number of rotatable bonds is 12. The van der Waals surface area contributed by atoms with Crippen molar-refractivity contribution in [3.63, 3.8) is 0 Å². The van der Waals surface area contributed by atoms with Crippen LogP contribution in [0.5, 0.6) is 0 Å². The van der Waals surface area contributed by atoms with Gasteiger partial charge < -0.3 is 5.11 Å². The zero-order chi connectivity index (χ0) is 14.7. The molecule has 1 N–H and O–H groups in total. The molecule has 0 heterocycles. The van der Waals surface area contributed by atoms with E-state index >= 15 is 0 Å². The molecule has 0 aromatic heterocycles. The highest BCUT2D eigenvalue weighted by Gasteiger charge is 2.36. The molecule has 0 aromatic carbocycles. The molecule has 2 nitrogen and oxygen atoms in total. The minimum atomic E-state index is -0.580. The summed E-state index contributed by atoms with van der Waals surface area (Å²) in [6.45, 7) is 8.62. The van der Waals surface area contributed by atoms with Gasteiger partial charge in [0, 0.05) is 0 Å². The summed E-state index contributed by atoms with van der Waals surface area (Å²) >= 11 is 0. The van der Waals surface area contributed by atoms with Gasteiger partial charge in [0.25, 0.3) is 0 Å². The fourth-order valence-electron chi connectivity index (χ4n) is 2.97. The zero-order valence-corrected chi connectivity index (χ0v) is 13.5. The van der Waals surface area contributed by atoms with E-state index in [1.807, 2.05) is 6.92 Å². The van der Waals surface area contributed by atoms with E-state index in [1.54, 1.807) is 0 Å². The normalized spacial score (nSPS) is 16.0. The first kappa shape index (κ1) is 18.5. The van der Waals surface area contributed by atoms with Crippen molar-refractivity contribution in [2.45, 2.75) is 91.9 Å². The van der Waals surface area contributed by atoms with Gasteiger partial charge in [0.2, 0.25) is 0 Å². The van der Waals surface area contributed by atoms with Crippen molar-refractivity contribution < 1.29 is 9.90 Å². The lowest BCUT2D eigenvalue weighted by Gasteiger charge is -2.31. The molecule has 0 radical (unpaired) electrons. The van der Waals surface area contributed by atoms with Crippen LogP contribution in [0.2, 0.25) is 0 Å². The van der Waals surface area contributed by atoms with Crippen LogP contribution >= 0.6 is 0 Å². The van der Waals surface area contributed by atoms with Gasteiger partial charge in [0.1, 0.15) is 0 Å². The van der Waals surface area contributed by atoms with E-state index in [1.165, 1.54) is 32.1 Å². The number of carbonyl (C=O) groups is 1. The highest BCUT2D eigenvalue weighted by Crippen LogP contribution is 2.37. The smallest absolute Gasteiger partial charge is 0.309 e. The Hall–Kier alpha value is -0.530. The minimum absolute atomic E-state index is 0.472. The van der Waals surface area contributed by atoms with Gasteiger partial charge >= 0.3 is 5.97 Å². The minimum Gasteiger partial charge on any atom is -0.481 e. The zero-order valence-electron chi connectivity index (χ0n) is 13.5. The first-order chi connectivity index (χ1) is 9.02. The summed E-state index contributed by atoms with van der Waals surface area (Å²) in [6.07, 6.45) is 10.9. The van der Waals surface area contributed by atoms with Gasteiger partial charge in [-0.2, -0.15) is 0 Å². The van der Waals surface area contributed by atoms with Gasteiger partial charge in [-0.05, 0) is 25.2 Å². The van der Waals surface area contributed by atoms with Crippen molar-refractivity contribution in [3.8, 4) is 0 Å². The van der Waals surface area contributed by atoms with Crippen LogP contribution in [-0.2, 0) is 4.79 Å². The maximum absolute atomic E-state index is 11.7. The Bertz CT molecular complexity index is 237. The molecule has 114 valence electrons. The summed E-state index contributed by atoms with van der Waals surface area (Å²) < 4.78 is 0. The van der Waals surface area contributed by atoms with Crippen LogP contribution in [0, 0.1) is 11.3 Å². The summed E-state index contributed by atoms with van der Waals surface area (Å²) in [7, 11) is 0. The summed E-state index contributed by atoms with van der Waals surface area (Å²) in [5.41, 5.74) is -0.472. The summed E-state index contributed by atoms with van der Waals surface area (Å²) in [6, 6.07) is 0. The molecular formula is C17H34O2. The summed E-state index contributed by atoms with van der Waals surface area (Å²) in [5.74, 6) is -0.0476.